The number of benzene rings is 1. The van der Waals surface area contributed by atoms with Crippen LogP contribution in [-0.4, -0.2) is 30.9 Å². The molecule has 0 heterocycles. The zero-order valence-corrected chi connectivity index (χ0v) is 9.93. The molecule has 0 aliphatic heterocycles. The summed E-state index contributed by atoms with van der Waals surface area (Å²) in [6, 6.07) is 7.06. The molecule has 5 heteroatoms. The molecule has 0 unspecified atom stereocenters. The Bertz CT molecular complexity index is 367. The summed E-state index contributed by atoms with van der Waals surface area (Å²) in [5.41, 5.74) is 6.10. The van der Waals surface area contributed by atoms with Gasteiger partial charge in [0.25, 0.3) is 0 Å². The Kier molecular flexibility index (Phi) is 5.88. The number of oxime groups is 1. The summed E-state index contributed by atoms with van der Waals surface area (Å²) in [6.07, 6.45) is 0.999. The lowest BCUT2D eigenvalue weighted by atomic mass is 10.2. The lowest BCUT2D eigenvalue weighted by Crippen LogP contribution is -2.13. The quantitative estimate of drug-likeness (QED) is 0.248. The number of nitrogens with two attached hydrogens (primary N) is 1. The molecule has 0 radical (unpaired) electrons. The van der Waals surface area contributed by atoms with E-state index in [9.17, 15) is 0 Å². The van der Waals surface area contributed by atoms with Crippen LogP contribution in [0.2, 0.25) is 0 Å². The first-order valence-corrected chi connectivity index (χ1v) is 5.56. The highest BCUT2D eigenvalue weighted by Gasteiger charge is 2.01. The van der Waals surface area contributed by atoms with Crippen LogP contribution in [0.1, 0.15) is 18.9 Å². The molecule has 0 fully saturated rings. The first-order chi connectivity index (χ1) is 8.27. The van der Waals surface area contributed by atoms with Crippen molar-refractivity contribution in [2.45, 2.75) is 13.3 Å². The molecule has 0 atom stereocenters. The van der Waals surface area contributed by atoms with E-state index in [1.165, 1.54) is 0 Å². The molecule has 0 aliphatic rings. The topological polar surface area (TPSA) is 77.1 Å². The van der Waals surface area contributed by atoms with Crippen molar-refractivity contribution in [3.63, 3.8) is 0 Å². The van der Waals surface area contributed by atoms with Gasteiger partial charge in [0, 0.05) is 12.2 Å². The molecule has 0 saturated heterocycles. The first kappa shape index (κ1) is 13.3. The minimum Gasteiger partial charge on any atom is -0.491 e. The monoisotopic (exact) mass is 238 g/mol. The predicted octanol–water partition coefficient (Wildman–Crippen LogP) is 1.59. The number of amidine groups is 1. The van der Waals surface area contributed by atoms with Gasteiger partial charge in [-0.15, -0.1) is 0 Å². The van der Waals surface area contributed by atoms with Crippen LogP contribution in [0, 0.1) is 0 Å². The lowest BCUT2D eigenvalue weighted by molar-refractivity contribution is 0.101. The average molecular weight is 238 g/mol. The number of hydrogen-bond donors (Lipinski definition) is 2. The molecule has 3 N–H and O–H groups in total. The molecular formula is C12H18N2O3. The molecule has 0 bridgehead atoms. The zero-order chi connectivity index (χ0) is 12.5. The van der Waals surface area contributed by atoms with E-state index in [2.05, 4.69) is 12.1 Å². The first-order valence-electron chi connectivity index (χ1n) is 5.56. The van der Waals surface area contributed by atoms with Crippen molar-refractivity contribution in [2.24, 2.45) is 10.9 Å². The molecule has 0 aromatic heterocycles. The van der Waals surface area contributed by atoms with Gasteiger partial charge in [0.1, 0.15) is 12.4 Å². The van der Waals surface area contributed by atoms with E-state index in [0.717, 1.165) is 13.0 Å². The van der Waals surface area contributed by atoms with E-state index in [4.69, 9.17) is 20.4 Å². The van der Waals surface area contributed by atoms with Crippen molar-refractivity contribution in [3.8, 4) is 5.75 Å². The second kappa shape index (κ2) is 7.51. The summed E-state index contributed by atoms with van der Waals surface area (Å²) in [4.78, 5) is 0. The molecule has 17 heavy (non-hydrogen) atoms. The van der Waals surface area contributed by atoms with Crippen LogP contribution in [0.5, 0.6) is 5.75 Å². The Morgan fingerprint density at radius 1 is 1.35 bits per heavy atom. The van der Waals surface area contributed by atoms with Crippen LogP contribution in [0.25, 0.3) is 0 Å². The average Bonchev–Trinajstić information content (AvgIpc) is 2.38. The van der Waals surface area contributed by atoms with Gasteiger partial charge in [-0.1, -0.05) is 24.2 Å². The van der Waals surface area contributed by atoms with Gasteiger partial charge in [0.15, 0.2) is 5.84 Å². The fraction of sp³-hybridized carbons (Fsp3) is 0.417. The molecule has 5 nitrogen and oxygen atoms in total. The molecular weight excluding hydrogens is 220 g/mol. The van der Waals surface area contributed by atoms with E-state index < -0.39 is 0 Å². The molecule has 94 valence electrons. The third kappa shape index (κ3) is 4.74. The van der Waals surface area contributed by atoms with E-state index in [-0.39, 0.29) is 5.84 Å². The fourth-order valence-electron chi connectivity index (χ4n) is 1.27. The molecule has 0 saturated carbocycles. The summed E-state index contributed by atoms with van der Waals surface area (Å²) in [5.74, 6) is 0.742. The largest absolute Gasteiger partial charge is 0.491 e. The van der Waals surface area contributed by atoms with Crippen LogP contribution in [0.4, 0.5) is 0 Å². The van der Waals surface area contributed by atoms with Gasteiger partial charge < -0.3 is 20.4 Å². The highest BCUT2D eigenvalue weighted by atomic mass is 16.5. The Hall–Kier alpha value is -1.75. The van der Waals surface area contributed by atoms with Gasteiger partial charge in [0.05, 0.1) is 6.61 Å². The summed E-state index contributed by atoms with van der Waals surface area (Å²) in [7, 11) is 0. The van der Waals surface area contributed by atoms with Crippen LogP contribution < -0.4 is 10.5 Å². The van der Waals surface area contributed by atoms with Gasteiger partial charge in [0.2, 0.25) is 0 Å². The van der Waals surface area contributed by atoms with E-state index >= 15 is 0 Å². The molecule has 0 spiro atoms. The molecule has 1 aromatic carbocycles. The standard InChI is InChI=1S/C12H18N2O3/c1-2-6-16-7-8-17-11-5-3-4-10(9-11)12(13)14-15/h3-5,9,15H,2,6-8H2,1H3,(H2,13,14). The number of ether oxygens (including phenoxy) is 2. The van der Waals surface area contributed by atoms with Gasteiger partial charge in [-0.25, -0.2) is 0 Å². The number of nitrogens with zero attached hydrogens (tertiary/aromatic N) is 1. The van der Waals surface area contributed by atoms with Crippen molar-refractivity contribution in [3.05, 3.63) is 29.8 Å². The smallest absolute Gasteiger partial charge is 0.170 e. The molecule has 1 rings (SSSR count). The predicted molar refractivity (Wildman–Crippen MR) is 65.6 cm³/mol. The zero-order valence-electron chi connectivity index (χ0n) is 9.93. The van der Waals surface area contributed by atoms with Gasteiger partial charge in [-0.2, -0.15) is 0 Å². The van der Waals surface area contributed by atoms with Gasteiger partial charge in [-0.3, -0.25) is 0 Å². The summed E-state index contributed by atoms with van der Waals surface area (Å²) >= 11 is 0. The van der Waals surface area contributed by atoms with Crippen LogP contribution in [0.3, 0.4) is 0 Å². The third-order valence-corrected chi connectivity index (χ3v) is 2.08. The van der Waals surface area contributed by atoms with Crippen LogP contribution in [-0.2, 0) is 4.74 Å². The Morgan fingerprint density at radius 3 is 2.88 bits per heavy atom. The molecule has 0 aliphatic carbocycles. The van der Waals surface area contributed by atoms with Gasteiger partial charge in [-0.05, 0) is 18.6 Å². The van der Waals surface area contributed by atoms with E-state index in [1.807, 2.05) is 6.07 Å². The maximum atomic E-state index is 8.55. The molecule has 0 amide bonds. The number of hydrogen-bond acceptors (Lipinski definition) is 4. The molecule has 1 aromatic rings. The van der Waals surface area contributed by atoms with E-state index in [1.54, 1.807) is 18.2 Å². The maximum Gasteiger partial charge on any atom is 0.170 e. The highest BCUT2D eigenvalue weighted by Crippen LogP contribution is 2.12. The maximum absolute atomic E-state index is 8.55. The summed E-state index contributed by atoms with van der Waals surface area (Å²) in [6.45, 7) is 3.84. The second-order valence-corrected chi connectivity index (χ2v) is 3.47. The minimum atomic E-state index is 0.0673. The fourth-order valence-corrected chi connectivity index (χ4v) is 1.27. The highest BCUT2D eigenvalue weighted by molar-refractivity contribution is 5.97. The Morgan fingerprint density at radius 2 is 2.18 bits per heavy atom. The van der Waals surface area contributed by atoms with Crippen LogP contribution in [0.15, 0.2) is 29.4 Å². The van der Waals surface area contributed by atoms with Crippen molar-refractivity contribution in [1.29, 1.82) is 0 Å². The van der Waals surface area contributed by atoms with Crippen molar-refractivity contribution in [1.82, 2.24) is 0 Å². The summed E-state index contributed by atoms with van der Waals surface area (Å²) < 4.78 is 10.8. The Balaban J connectivity index is 2.43. The third-order valence-electron chi connectivity index (χ3n) is 2.08. The minimum absolute atomic E-state index is 0.0673. The Labute approximate surface area is 101 Å². The van der Waals surface area contributed by atoms with Crippen molar-refractivity contribution < 1.29 is 14.7 Å². The SMILES string of the molecule is CCCOCCOc1cccc(/C(N)=N/O)c1. The van der Waals surface area contributed by atoms with Crippen LogP contribution >= 0.6 is 0 Å². The normalized spacial score (nSPS) is 11.5. The number of rotatable bonds is 7. The van der Waals surface area contributed by atoms with Crippen molar-refractivity contribution in [2.75, 3.05) is 19.8 Å². The van der Waals surface area contributed by atoms with Gasteiger partial charge >= 0.3 is 0 Å². The van der Waals surface area contributed by atoms with Crippen molar-refractivity contribution >= 4 is 5.84 Å². The lowest BCUT2D eigenvalue weighted by Gasteiger charge is -2.07. The summed E-state index contributed by atoms with van der Waals surface area (Å²) in [5, 5.41) is 11.5. The second-order valence-electron chi connectivity index (χ2n) is 3.47. The van der Waals surface area contributed by atoms with E-state index in [0.29, 0.717) is 24.5 Å².